The zero-order chi connectivity index (χ0) is 15.5. The second-order valence-corrected chi connectivity index (χ2v) is 5.46. The highest BCUT2D eigenvalue weighted by molar-refractivity contribution is 5.94. The van der Waals surface area contributed by atoms with Crippen LogP contribution in [0.3, 0.4) is 0 Å². The summed E-state index contributed by atoms with van der Waals surface area (Å²) in [5.74, 6) is 0.661. The van der Waals surface area contributed by atoms with Crippen LogP contribution in [0.4, 0.5) is 0 Å². The highest BCUT2D eigenvalue weighted by Gasteiger charge is 2.19. The molecule has 1 aliphatic rings. The van der Waals surface area contributed by atoms with Crippen LogP contribution in [0.2, 0.25) is 0 Å². The number of likely N-dealkylation sites (tertiary alicyclic amines) is 1. The lowest BCUT2D eigenvalue weighted by Crippen LogP contribution is -2.27. The van der Waals surface area contributed by atoms with Crippen LogP contribution in [0.15, 0.2) is 42.5 Å². The van der Waals surface area contributed by atoms with Gasteiger partial charge in [0.05, 0.1) is 7.11 Å². The molecule has 0 spiro atoms. The average molecular weight is 297 g/mol. The Morgan fingerprint density at radius 3 is 2.32 bits per heavy atom. The molecule has 22 heavy (non-hydrogen) atoms. The first-order valence-corrected chi connectivity index (χ1v) is 7.46. The Balaban J connectivity index is 1.83. The van der Waals surface area contributed by atoms with Gasteiger partial charge in [-0.2, -0.15) is 0 Å². The van der Waals surface area contributed by atoms with Gasteiger partial charge >= 0.3 is 0 Å². The molecule has 2 aromatic rings. The number of carbonyl (C=O) groups is 1. The van der Waals surface area contributed by atoms with Crippen molar-refractivity contribution in [3.63, 3.8) is 0 Å². The van der Waals surface area contributed by atoms with Crippen molar-refractivity contribution in [1.29, 1.82) is 0 Å². The zero-order valence-electron chi connectivity index (χ0n) is 12.6. The lowest BCUT2D eigenvalue weighted by molar-refractivity contribution is 0.0793. The molecule has 4 nitrogen and oxygen atoms in total. The molecule has 0 atom stereocenters. The molecule has 1 saturated heterocycles. The molecule has 1 N–H and O–H groups in total. The monoisotopic (exact) mass is 297 g/mol. The van der Waals surface area contributed by atoms with Crippen LogP contribution in [-0.2, 0) is 0 Å². The van der Waals surface area contributed by atoms with Gasteiger partial charge in [0.15, 0.2) is 11.5 Å². The number of phenolic OH excluding ortho intramolecular Hbond substituents is 1. The largest absolute Gasteiger partial charge is 0.504 e. The van der Waals surface area contributed by atoms with Gasteiger partial charge in [-0.15, -0.1) is 0 Å². The van der Waals surface area contributed by atoms with E-state index in [1.54, 1.807) is 12.1 Å². The molecule has 4 heteroatoms. The Morgan fingerprint density at radius 2 is 1.68 bits per heavy atom. The lowest BCUT2D eigenvalue weighted by Gasteiger charge is -2.15. The number of aromatic hydroxyl groups is 1. The Bertz CT molecular complexity index is 673. The maximum absolute atomic E-state index is 12.3. The number of hydrogen-bond acceptors (Lipinski definition) is 3. The standard InChI is InChI=1S/C18H19NO3/c1-22-17-12-15(8-9-16(17)20)13-4-6-14(7-5-13)18(21)19-10-2-3-11-19/h4-9,12,20H,2-3,10-11H2,1H3. The van der Waals surface area contributed by atoms with E-state index in [1.165, 1.54) is 7.11 Å². The van der Waals surface area contributed by atoms with Crippen LogP contribution in [0.25, 0.3) is 11.1 Å². The lowest BCUT2D eigenvalue weighted by atomic mass is 10.0. The molecule has 1 amide bonds. The summed E-state index contributed by atoms with van der Waals surface area (Å²) in [5, 5.41) is 9.64. The minimum Gasteiger partial charge on any atom is -0.504 e. The summed E-state index contributed by atoms with van der Waals surface area (Å²) in [6.45, 7) is 1.71. The molecule has 0 radical (unpaired) electrons. The van der Waals surface area contributed by atoms with Gasteiger partial charge in [0.1, 0.15) is 0 Å². The summed E-state index contributed by atoms with van der Waals surface area (Å²) in [7, 11) is 1.52. The van der Waals surface area contributed by atoms with Crippen molar-refractivity contribution in [2.75, 3.05) is 20.2 Å². The van der Waals surface area contributed by atoms with Crippen molar-refractivity contribution in [2.24, 2.45) is 0 Å². The number of methoxy groups -OCH3 is 1. The SMILES string of the molecule is COc1cc(-c2ccc(C(=O)N3CCCC3)cc2)ccc1O. The van der Waals surface area contributed by atoms with Crippen LogP contribution >= 0.6 is 0 Å². The fourth-order valence-corrected chi connectivity index (χ4v) is 2.77. The van der Waals surface area contributed by atoms with Crippen molar-refractivity contribution < 1.29 is 14.6 Å². The Kier molecular flexibility index (Phi) is 4.00. The third kappa shape index (κ3) is 2.77. The van der Waals surface area contributed by atoms with Gasteiger partial charge < -0.3 is 14.7 Å². The van der Waals surface area contributed by atoms with Crippen molar-refractivity contribution in [3.8, 4) is 22.6 Å². The molecule has 0 aromatic heterocycles. The molecular formula is C18H19NO3. The topological polar surface area (TPSA) is 49.8 Å². The quantitative estimate of drug-likeness (QED) is 0.945. The number of carbonyl (C=O) groups excluding carboxylic acids is 1. The fraction of sp³-hybridized carbons (Fsp3) is 0.278. The highest BCUT2D eigenvalue weighted by atomic mass is 16.5. The van der Waals surface area contributed by atoms with E-state index in [4.69, 9.17) is 4.74 Å². The number of benzene rings is 2. The number of rotatable bonds is 3. The maximum Gasteiger partial charge on any atom is 0.253 e. The van der Waals surface area contributed by atoms with E-state index in [-0.39, 0.29) is 11.7 Å². The predicted octanol–water partition coefficient (Wildman–Crippen LogP) is 3.30. The molecule has 0 aliphatic carbocycles. The average Bonchev–Trinajstić information content (AvgIpc) is 3.09. The zero-order valence-corrected chi connectivity index (χ0v) is 12.6. The molecular weight excluding hydrogens is 278 g/mol. The summed E-state index contributed by atoms with van der Waals surface area (Å²) in [4.78, 5) is 14.2. The third-order valence-electron chi connectivity index (χ3n) is 4.04. The van der Waals surface area contributed by atoms with Gasteiger partial charge in [0, 0.05) is 18.7 Å². The van der Waals surface area contributed by atoms with Crippen LogP contribution in [-0.4, -0.2) is 36.1 Å². The Labute approximate surface area is 130 Å². The van der Waals surface area contributed by atoms with Gasteiger partial charge in [-0.05, 0) is 48.2 Å². The number of hydrogen-bond donors (Lipinski definition) is 1. The molecule has 0 unspecified atom stereocenters. The van der Waals surface area contributed by atoms with E-state index in [1.807, 2.05) is 35.2 Å². The van der Waals surface area contributed by atoms with Gasteiger partial charge in [-0.25, -0.2) is 0 Å². The van der Waals surface area contributed by atoms with Crippen molar-refractivity contribution in [2.45, 2.75) is 12.8 Å². The van der Waals surface area contributed by atoms with E-state index >= 15 is 0 Å². The molecule has 0 bridgehead atoms. The first kappa shape index (κ1) is 14.4. The molecule has 1 heterocycles. The third-order valence-corrected chi connectivity index (χ3v) is 4.04. The molecule has 1 fully saturated rings. The number of ether oxygens (including phenoxy) is 1. The van der Waals surface area contributed by atoms with Crippen LogP contribution in [0.5, 0.6) is 11.5 Å². The molecule has 0 saturated carbocycles. The van der Waals surface area contributed by atoms with Crippen molar-refractivity contribution >= 4 is 5.91 Å². The van der Waals surface area contributed by atoms with Gasteiger partial charge in [0.25, 0.3) is 5.91 Å². The van der Waals surface area contributed by atoms with Crippen LogP contribution in [0.1, 0.15) is 23.2 Å². The van der Waals surface area contributed by atoms with E-state index in [0.717, 1.165) is 42.6 Å². The van der Waals surface area contributed by atoms with E-state index < -0.39 is 0 Å². The molecule has 2 aromatic carbocycles. The normalized spacial score (nSPS) is 14.1. The van der Waals surface area contributed by atoms with Crippen molar-refractivity contribution in [1.82, 2.24) is 4.90 Å². The minimum atomic E-state index is 0.104. The van der Waals surface area contributed by atoms with Gasteiger partial charge in [-0.3, -0.25) is 4.79 Å². The van der Waals surface area contributed by atoms with E-state index in [0.29, 0.717) is 5.75 Å². The molecule has 1 aliphatic heterocycles. The van der Waals surface area contributed by atoms with Crippen LogP contribution < -0.4 is 4.74 Å². The summed E-state index contributed by atoms with van der Waals surface area (Å²) in [5.41, 5.74) is 2.64. The van der Waals surface area contributed by atoms with Gasteiger partial charge in [0.2, 0.25) is 0 Å². The number of nitrogens with zero attached hydrogens (tertiary/aromatic N) is 1. The Morgan fingerprint density at radius 1 is 1.05 bits per heavy atom. The van der Waals surface area contributed by atoms with Crippen LogP contribution in [0, 0.1) is 0 Å². The van der Waals surface area contributed by atoms with Crippen molar-refractivity contribution in [3.05, 3.63) is 48.0 Å². The van der Waals surface area contributed by atoms with E-state index in [9.17, 15) is 9.90 Å². The van der Waals surface area contributed by atoms with Gasteiger partial charge in [-0.1, -0.05) is 18.2 Å². The first-order valence-electron chi connectivity index (χ1n) is 7.46. The fourth-order valence-electron chi connectivity index (χ4n) is 2.77. The second-order valence-electron chi connectivity index (χ2n) is 5.46. The summed E-state index contributed by atoms with van der Waals surface area (Å²) in [6, 6.07) is 12.8. The highest BCUT2D eigenvalue weighted by Crippen LogP contribution is 2.31. The summed E-state index contributed by atoms with van der Waals surface area (Å²) in [6.07, 6.45) is 2.19. The second kappa shape index (κ2) is 6.10. The van der Waals surface area contributed by atoms with E-state index in [2.05, 4.69) is 0 Å². The first-order chi connectivity index (χ1) is 10.7. The summed E-state index contributed by atoms with van der Waals surface area (Å²) < 4.78 is 5.13. The number of amides is 1. The minimum absolute atomic E-state index is 0.104. The molecule has 114 valence electrons. The Hall–Kier alpha value is -2.49. The molecule has 3 rings (SSSR count). The summed E-state index contributed by atoms with van der Waals surface area (Å²) >= 11 is 0. The number of phenols is 1. The maximum atomic E-state index is 12.3. The predicted molar refractivity (Wildman–Crippen MR) is 85.2 cm³/mol. The smallest absolute Gasteiger partial charge is 0.253 e.